The van der Waals surface area contributed by atoms with Gasteiger partial charge in [0, 0.05) is 11.8 Å². The van der Waals surface area contributed by atoms with Gasteiger partial charge in [0.1, 0.15) is 5.75 Å². The highest BCUT2D eigenvalue weighted by Crippen LogP contribution is 2.37. The molecule has 2 nitrogen and oxygen atoms in total. The summed E-state index contributed by atoms with van der Waals surface area (Å²) in [6, 6.07) is 3.95. The van der Waals surface area contributed by atoms with Crippen LogP contribution in [0.3, 0.4) is 0 Å². The molecule has 6 heteroatoms. The molecule has 0 saturated carbocycles. The number of thioether (sulfide) groups is 1. The van der Waals surface area contributed by atoms with Crippen molar-refractivity contribution in [3.63, 3.8) is 0 Å². The van der Waals surface area contributed by atoms with E-state index >= 15 is 0 Å². The van der Waals surface area contributed by atoms with Gasteiger partial charge in [-0.15, -0.1) is 0 Å². The second-order valence-electron chi connectivity index (χ2n) is 4.35. The van der Waals surface area contributed by atoms with E-state index in [1.807, 2.05) is 6.26 Å². The van der Waals surface area contributed by atoms with E-state index < -0.39 is 11.7 Å². The molecule has 1 rings (SSSR count). The van der Waals surface area contributed by atoms with Crippen LogP contribution in [-0.2, 0) is 12.6 Å². The number of nitrogens with two attached hydrogens (primary N) is 1. The van der Waals surface area contributed by atoms with Crippen molar-refractivity contribution in [2.75, 3.05) is 18.6 Å². The summed E-state index contributed by atoms with van der Waals surface area (Å²) < 4.78 is 44.1. The first-order valence-corrected chi connectivity index (χ1v) is 7.31. The lowest BCUT2D eigenvalue weighted by Crippen LogP contribution is -2.18. The summed E-state index contributed by atoms with van der Waals surface area (Å²) in [5.74, 6) is 0.536. The summed E-state index contributed by atoms with van der Waals surface area (Å²) in [5.41, 5.74) is 5.44. The van der Waals surface area contributed by atoms with Crippen molar-refractivity contribution in [1.82, 2.24) is 0 Å². The van der Waals surface area contributed by atoms with Crippen LogP contribution in [0.2, 0.25) is 0 Å². The molecule has 0 radical (unpaired) electrons. The van der Waals surface area contributed by atoms with Crippen LogP contribution < -0.4 is 10.5 Å². The Morgan fingerprint density at radius 2 is 2.05 bits per heavy atom. The zero-order valence-corrected chi connectivity index (χ0v) is 11.8. The largest absolute Gasteiger partial charge is 0.492 e. The molecule has 0 bridgehead atoms. The predicted octanol–water partition coefficient (Wildman–Crippen LogP) is 3.34. The number of ether oxygens (including phenoxy) is 1. The Kier molecular flexibility index (Phi) is 6.00. The van der Waals surface area contributed by atoms with E-state index in [0.717, 1.165) is 6.07 Å². The number of hydrogen-bond acceptors (Lipinski definition) is 3. The molecule has 1 aromatic rings. The number of halogens is 3. The Morgan fingerprint density at radius 3 is 2.58 bits per heavy atom. The van der Waals surface area contributed by atoms with E-state index in [2.05, 4.69) is 0 Å². The highest BCUT2D eigenvalue weighted by Gasteiger charge is 2.34. The van der Waals surface area contributed by atoms with Crippen LogP contribution in [-0.4, -0.2) is 24.7 Å². The fourth-order valence-corrected chi connectivity index (χ4v) is 1.91. The summed E-state index contributed by atoms with van der Waals surface area (Å²) in [6.07, 6.45) is -2.13. The maximum Gasteiger partial charge on any atom is 0.419 e. The highest BCUT2D eigenvalue weighted by molar-refractivity contribution is 7.98. The molecule has 19 heavy (non-hydrogen) atoms. The predicted molar refractivity (Wildman–Crippen MR) is 72.7 cm³/mol. The Labute approximate surface area is 115 Å². The summed E-state index contributed by atoms with van der Waals surface area (Å²) in [7, 11) is 0. The van der Waals surface area contributed by atoms with E-state index in [0.29, 0.717) is 17.7 Å². The van der Waals surface area contributed by atoms with Crippen LogP contribution in [0.5, 0.6) is 5.75 Å². The normalized spacial score (nSPS) is 13.4. The first kappa shape index (κ1) is 16.2. The quantitative estimate of drug-likeness (QED) is 0.817. The van der Waals surface area contributed by atoms with Crippen molar-refractivity contribution in [3.8, 4) is 5.75 Å². The maximum atomic E-state index is 13.0. The Hall–Kier alpha value is -0.880. The lowest BCUT2D eigenvalue weighted by atomic mass is 10.0. The van der Waals surface area contributed by atoms with Gasteiger partial charge in [0.05, 0.1) is 12.2 Å². The molecule has 0 amide bonds. The second-order valence-corrected chi connectivity index (χ2v) is 5.34. The fourth-order valence-electron chi connectivity index (χ4n) is 1.66. The van der Waals surface area contributed by atoms with Crippen molar-refractivity contribution >= 4 is 11.8 Å². The van der Waals surface area contributed by atoms with Crippen molar-refractivity contribution in [3.05, 3.63) is 29.3 Å². The summed E-state index contributed by atoms with van der Waals surface area (Å²) in [4.78, 5) is 0. The molecule has 0 saturated heterocycles. The van der Waals surface area contributed by atoms with Crippen molar-refractivity contribution in [2.24, 2.45) is 5.73 Å². The average Bonchev–Trinajstić information content (AvgIpc) is 2.29. The fraction of sp³-hybridized carbons (Fsp3) is 0.538. The molecular weight excluding hydrogens is 275 g/mol. The minimum atomic E-state index is -4.41. The third kappa shape index (κ3) is 5.32. The number of benzene rings is 1. The van der Waals surface area contributed by atoms with Crippen molar-refractivity contribution < 1.29 is 17.9 Å². The van der Waals surface area contributed by atoms with E-state index in [9.17, 15) is 13.2 Å². The van der Waals surface area contributed by atoms with Crippen molar-refractivity contribution in [2.45, 2.75) is 25.6 Å². The Balaban J connectivity index is 2.96. The SMILES string of the molecule is CSCCOc1ccc(CC(C)N)cc1C(F)(F)F. The van der Waals surface area contributed by atoms with Gasteiger partial charge in [-0.25, -0.2) is 0 Å². The van der Waals surface area contributed by atoms with Gasteiger partial charge in [-0.2, -0.15) is 24.9 Å². The van der Waals surface area contributed by atoms with Gasteiger partial charge in [-0.3, -0.25) is 0 Å². The molecule has 0 aliphatic rings. The summed E-state index contributed by atoms with van der Waals surface area (Å²) >= 11 is 1.52. The van der Waals surface area contributed by atoms with E-state index in [1.54, 1.807) is 13.0 Å². The van der Waals surface area contributed by atoms with Gasteiger partial charge in [-0.05, 0) is 37.3 Å². The van der Waals surface area contributed by atoms with Crippen LogP contribution in [0.15, 0.2) is 18.2 Å². The first-order chi connectivity index (χ1) is 8.84. The van der Waals surface area contributed by atoms with Crippen molar-refractivity contribution in [1.29, 1.82) is 0 Å². The molecule has 2 N–H and O–H groups in total. The molecular formula is C13H18F3NOS. The summed E-state index contributed by atoms with van der Waals surface area (Å²) in [5, 5.41) is 0. The van der Waals surface area contributed by atoms with Crippen LogP contribution in [0, 0.1) is 0 Å². The first-order valence-electron chi connectivity index (χ1n) is 5.92. The molecule has 108 valence electrons. The topological polar surface area (TPSA) is 35.2 Å². The van der Waals surface area contributed by atoms with Crippen LogP contribution in [0.1, 0.15) is 18.1 Å². The third-order valence-electron chi connectivity index (χ3n) is 2.45. The second kappa shape index (κ2) is 7.05. The van der Waals surface area contributed by atoms with Gasteiger partial charge >= 0.3 is 6.18 Å². The zero-order chi connectivity index (χ0) is 14.5. The zero-order valence-electron chi connectivity index (χ0n) is 11.0. The number of rotatable bonds is 6. The lowest BCUT2D eigenvalue weighted by Gasteiger charge is -2.16. The standard InChI is InChI=1S/C13H18F3NOS/c1-9(17)7-10-3-4-12(18-5-6-19-2)11(8-10)13(14,15)16/h3-4,8-9H,5-7,17H2,1-2H3. The van der Waals surface area contributed by atoms with Gasteiger partial charge in [0.25, 0.3) is 0 Å². The molecule has 0 aliphatic carbocycles. The lowest BCUT2D eigenvalue weighted by molar-refractivity contribution is -0.138. The Bertz CT molecular complexity index is 407. The smallest absolute Gasteiger partial charge is 0.419 e. The minimum Gasteiger partial charge on any atom is -0.492 e. The van der Waals surface area contributed by atoms with Crippen LogP contribution in [0.25, 0.3) is 0 Å². The van der Waals surface area contributed by atoms with E-state index in [-0.39, 0.29) is 18.4 Å². The van der Waals surface area contributed by atoms with E-state index in [4.69, 9.17) is 10.5 Å². The van der Waals surface area contributed by atoms with Gasteiger partial charge in [0.2, 0.25) is 0 Å². The third-order valence-corrected chi connectivity index (χ3v) is 3.03. The van der Waals surface area contributed by atoms with Crippen LogP contribution in [0.4, 0.5) is 13.2 Å². The highest BCUT2D eigenvalue weighted by atomic mass is 32.2. The summed E-state index contributed by atoms with van der Waals surface area (Å²) in [6.45, 7) is 2.02. The molecule has 0 spiro atoms. The molecule has 0 fully saturated rings. The molecule has 1 unspecified atom stereocenters. The monoisotopic (exact) mass is 293 g/mol. The molecule has 1 aromatic carbocycles. The number of hydrogen-bond donors (Lipinski definition) is 1. The number of alkyl halides is 3. The minimum absolute atomic E-state index is 0.116. The molecule has 0 heterocycles. The molecule has 0 aromatic heterocycles. The van der Waals surface area contributed by atoms with Gasteiger partial charge < -0.3 is 10.5 Å². The molecule has 1 atom stereocenters. The van der Waals surface area contributed by atoms with Crippen LogP contribution >= 0.6 is 11.8 Å². The van der Waals surface area contributed by atoms with Gasteiger partial charge in [0.15, 0.2) is 0 Å². The Morgan fingerprint density at radius 1 is 1.37 bits per heavy atom. The average molecular weight is 293 g/mol. The maximum absolute atomic E-state index is 13.0. The van der Waals surface area contributed by atoms with Gasteiger partial charge in [-0.1, -0.05) is 6.07 Å². The van der Waals surface area contributed by atoms with E-state index in [1.165, 1.54) is 17.8 Å². The molecule has 0 aliphatic heterocycles.